The number of sulfonamides is 1. The number of rotatable bonds is 5. The van der Waals surface area contributed by atoms with Gasteiger partial charge < -0.3 is 4.74 Å². The Hall–Kier alpha value is -2.75. The number of hydrogen-bond donors (Lipinski definition) is 1. The lowest BCUT2D eigenvalue weighted by Crippen LogP contribution is -2.15. The first-order chi connectivity index (χ1) is 10.7. The number of ether oxygens (including phenoxy) is 1. The first-order valence-electron chi connectivity index (χ1n) is 6.05. The van der Waals surface area contributed by atoms with E-state index in [0.29, 0.717) is 6.07 Å². The minimum atomic E-state index is -4.34. The maximum absolute atomic E-state index is 13.6. The van der Waals surface area contributed by atoms with Crippen molar-refractivity contribution in [3.63, 3.8) is 0 Å². The molecular weight excluding hydrogens is 334 g/mol. The molecule has 0 aliphatic heterocycles. The third-order valence-electron chi connectivity index (χ3n) is 2.82. The van der Waals surface area contributed by atoms with Crippen molar-refractivity contribution in [2.45, 2.75) is 4.90 Å². The Morgan fingerprint density at radius 3 is 2.48 bits per heavy atom. The van der Waals surface area contributed by atoms with Crippen LogP contribution in [0.15, 0.2) is 41.3 Å². The first kappa shape index (κ1) is 16.6. The van der Waals surface area contributed by atoms with Gasteiger partial charge in [0.25, 0.3) is 15.7 Å². The highest BCUT2D eigenvalue weighted by Crippen LogP contribution is 2.30. The van der Waals surface area contributed by atoms with Gasteiger partial charge in [0, 0.05) is 12.1 Å². The van der Waals surface area contributed by atoms with E-state index in [2.05, 4.69) is 0 Å². The summed E-state index contributed by atoms with van der Waals surface area (Å²) in [7, 11) is -3.22. The van der Waals surface area contributed by atoms with Crippen LogP contribution in [-0.4, -0.2) is 20.5 Å². The maximum Gasteiger partial charge on any atom is 0.273 e. The fourth-order valence-corrected chi connectivity index (χ4v) is 2.98. The zero-order chi connectivity index (χ0) is 17.2. The van der Waals surface area contributed by atoms with E-state index in [1.54, 1.807) is 0 Å². The van der Waals surface area contributed by atoms with Crippen LogP contribution >= 0.6 is 0 Å². The second-order valence-electron chi connectivity index (χ2n) is 4.32. The van der Waals surface area contributed by atoms with Crippen molar-refractivity contribution in [1.82, 2.24) is 0 Å². The van der Waals surface area contributed by atoms with Crippen LogP contribution in [0.4, 0.5) is 20.2 Å². The molecule has 0 unspecified atom stereocenters. The molecule has 0 spiro atoms. The standard InChI is InChI=1S/C13H10F2N2O5S/c1-22-12-7-9(17(18)19)3-5-13(12)23(20,21)16-11-6-8(14)2-4-10(11)15/h2-7,16H,1H3. The predicted molar refractivity (Wildman–Crippen MR) is 76.8 cm³/mol. The summed E-state index contributed by atoms with van der Waals surface area (Å²) in [5.41, 5.74) is -0.969. The molecule has 122 valence electrons. The molecule has 0 bridgehead atoms. The molecule has 1 N–H and O–H groups in total. The minimum absolute atomic E-state index is 0.302. The number of anilines is 1. The van der Waals surface area contributed by atoms with Gasteiger partial charge in [-0.3, -0.25) is 14.8 Å². The normalized spacial score (nSPS) is 11.1. The van der Waals surface area contributed by atoms with E-state index in [4.69, 9.17) is 4.74 Å². The number of non-ortho nitro benzene ring substituents is 1. The predicted octanol–water partition coefficient (Wildman–Crippen LogP) is 2.68. The molecule has 0 aliphatic carbocycles. The molecule has 0 heterocycles. The van der Waals surface area contributed by atoms with E-state index in [9.17, 15) is 27.3 Å². The summed E-state index contributed by atoms with van der Waals surface area (Å²) < 4.78 is 57.9. The Balaban J connectivity index is 2.47. The largest absolute Gasteiger partial charge is 0.495 e. The number of methoxy groups -OCH3 is 1. The highest BCUT2D eigenvalue weighted by Gasteiger charge is 2.23. The van der Waals surface area contributed by atoms with Gasteiger partial charge in [-0.25, -0.2) is 17.2 Å². The van der Waals surface area contributed by atoms with Crippen LogP contribution < -0.4 is 9.46 Å². The van der Waals surface area contributed by atoms with Gasteiger partial charge in [0.2, 0.25) is 0 Å². The van der Waals surface area contributed by atoms with E-state index >= 15 is 0 Å². The van der Waals surface area contributed by atoms with Gasteiger partial charge >= 0.3 is 0 Å². The third-order valence-corrected chi connectivity index (χ3v) is 4.23. The van der Waals surface area contributed by atoms with E-state index in [0.717, 1.165) is 37.4 Å². The molecule has 2 rings (SSSR count). The van der Waals surface area contributed by atoms with Gasteiger partial charge in [0.1, 0.15) is 22.3 Å². The van der Waals surface area contributed by atoms with Crippen molar-refractivity contribution >= 4 is 21.4 Å². The topological polar surface area (TPSA) is 98.5 Å². The lowest BCUT2D eigenvalue weighted by atomic mass is 10.3. The SMILES string of the molecule is COc1cc([N+](=O)[O-])ccc1S(=O)(=O)Nc1cc(F)ccc1F. The Morgan fingerprint density at radius 1 is 1.17 bits per heavy atom. The van der Waals surface area contributed by atoms with Gasteiger partial charge in [-0.1, -0.05) is 0 Å². The molecule has 0 aromatic heterocycles. The van der Waals surface area contributed by atoms with Gasteiger partial charge in [-0.05, 0) is 18.2 Å². The van der Waals surface area contributed by atoms with Gasteiger partial charge in [-0.2, -0.15) is 0 Å². The second kappa shape index (κ2) is 6.16. The zero-order valence-electron chi connectivity index (χ0n) is 11.6. The fourth-order valence-electron chi connectivity index (χ4n) is 1.77. The van der Waals surface area contributed by atoms with E-state index < -0.39 is 37.2 Å². The summed E-state index contributed by atoms with van der Waals surface area (Å²) >= 11 is 0. The molecule has 0 aliphatic rings. The molecule has 0 saturated carbocycles. The summed E-state index contributed by atoms with van der Waals surface area (Å²) in [6, 6.07) is 5.08. The Labute approximate surface area is 129 Å². The quantitative estimate of drug-likeness (QED) is 0.664. The van der Waals surface area contributed by atoms with Crippen LogP contribution in [0, 0.1) is 21.7 Å². The van der Waals surface area contributed by atoms with Crippen LogP contribution in [0.1, 0.15) is 0 Å². The van der Waals surface area contributed by atoms with Crippen LogP contribution in [0.25, 0.3) is 0 Å². The van der Waals surface area contributed by atoms with E-state index in [1.807, 2.05) is 4.72 Å². The van der Waals surface area contributed by atoms with Crippen molar-refractivity contribution in [2.75, 3.05) is 11.8 Å². The van der Waals surface area contributed by atoms with Gasteiger partial charge in [-0.15, -0.1) is 0 Å². The van der Waals surface area contributed by atoms with Crippen molar-refractivity contribution < 1.29 is 26.9 Å². The molecule has 2 aromatic rings. The molecule has 2 aromatic carbocycles. The smallest absolute Gasteiger partial charge is 0.273 e. The number of nitrogens with zero attached hydrogens (tertiary/aromatic N) is 1. The third kappa shape index (κ3) is 3.54. The van der Waals surface area contributed by atoms with Crippen molar-refractivity contribution in [1.29, 1.82) is 0 Å². The van der Waals surface area contributed by atoms with Crippen molar-refractivity contribution in [3.05, 3.63) is 58.1 Å². The Morgan fingerprint density at radius 2 is 1.87 bits per heavy atom. The lowest BCUT2D eigenvalue weighted by Gasteiger charge is -2.12. The summed E-state index contributed by atoms with van der Waals surface area (Å²) in [5.74, 6) is -2.11. The second-order valence-corrected chi connectivity index (χ2v) is 5.97. The number of nitrogens with one attached hydrogen (secondary N) is 1. The van der Waals surface area contributed by atoms with Crippen LogP contribution in [-0.2, 0) is 10.0 Å². The van der Waals surface area contributed by atoms with E-state index in [-0.39, 0.29) is 11.4 Å². The minimum Gasteiger partial charge on any atom is -0.495 e. The molecule has 0 amide bonds. The molecular formula is C13H10F2N2O5S. The fraction of sp³-hybridized carbons (Fsp3) is 0.0769. The Bertz CT molecular complexity index is 871. The number of nitro benzene ring substituents is 1. The molecule has 0 atom stereocenters. The number of halogens is 2. The number of hydrogen-bond acceptors (Lipinski definition) is 5. The summed E-state index contributed by atoms with van der Waals surface area (Å²) in [4.78, 5) is 9.52. The van der Waals surface area contributed by atoms with Crippen LogP contribution in [0.2, 0.25) is 0 Å². The average molecular weight is 344 g/mol. The summed E-state index contributed by atoms with van der Waals surface area (Å²) in [5, 5.41) is 10.7. The Kier molecular flexibility index (Phi) is 4.45. The number of benzene rings is 2. The van der Waals surface area contributed by atoms with Crippen LogP contribution in [0.3, 0.4) is 0 Å². The van der Waals surface area contributed by atoms with E-state index in [1.165, 1.54) is 0 Å². The highest BCUT2D eigenvalue weighted by molar-refractivity contribution is 7.92. The molecule has 0 radical (unpaired) electrons. The average Bonchev–Trinajstić information content (AvgIpc) is 2.49. The van der Waals surface area contributed by atoms with Crippen LogP contribution in [0.5, 0.6) is 5.75 Å². The zero-order valence-corrected chi connectivity index (χ0v) is 12.4. The highest BCUT2D eigenvalue weighted by atomic mass is 32.2. The molecule has 7 nitrogen and oxygen atoms in total. The monoisotopic (exact) mass is 344 g/mol. The van der Waals surface area contributed by atoms with Gasteiger partial charge in [0.05, 0.1) is 23.8 Å². The van der Waals surface area contributed by atoms with Crippen molar-refractivity contribution in [2.24, 2.45) is 0 Å². The molecule has 0 fully saturated rings. The summed E-state index contributed by atoms with van der Waals surface area (Å²) in [6.07, 6.45) is 0. The first-order valence-corrected chi connectivity index (χ1v) is 7.53. The lowest BCUT2D eigenvalue weighted by molar-refractivity contribution is -0.385. The van der Waals surface area contributed by atoms with Crippen molar-refractivity contribution in [3.8, 4) is 5.75 Å². The van der Waals surface area contributed by atoms with Gasteiger partial charge in [0.15, 0.2) is 0 Å². The summed E-state index contributed by atoms with van der Waals surface area (Å²) in [6.45, 7) is 0. The maximum atomic E-state index is 13.6. The number of nitro groups is 1. The molecule has 23 heavy (non-hydrogen) atoms. The molecule has 0 saturated heterocycles. The molecule has 10 heteroatoms.